The third-order valence-electron chi connectivity index (χ3n) is 5.77. The number of carboxylic acids is 1. The van der Waals surface area contributed by atoms with Crippen molar-refractivity contribution in [3.8, 4) is 11.1 Å². The van der Waals surface area contributed by atoms with E-state index >= 15 is 0 Å². The molecule has 1 amide bonds. The highest BCUT2D eigenvalue weighted by Gasteiger charge is 2.38. The number of guanidine groups is 1. The Morgan fingerprint density at radius 3 is 2.58 bits per heavy atom. The predicted molar refractivity (Wildman–Crippen MR) is 119 cm³/mol. The van der Waals surface area contributed by atoms with E-state index in [9.17, 15) is 14.7 Å². The quantitative estimate of drug-likeness (QED) is 0.648. The summed E-state index contributed by atoms with van der Waals surface area (Å²) in [5.41, 5.74) is 5.77. The van der Waals surface area contributed by atoms with Gasteiger partial charge in [-0.05, 0) is 29.2 Å². The summed E-state index contributed by atoms with van der Waals surface area (Å²) in [7, 11) is 0. The van der Waals surface area contributed by atoms with Gasteiger partial charge in [0.15, 0.2) is 0 Å². The summed E-state index contributed by atoms with van der Waals surface area (Å²) in [6, 6.07) is 14.8. The second kappa shape index (κ2) is 8.70. The molecule has 2 aliphatic rings. The summed E-state index contributed by atoms with van der Waals surface area (Å²) in [6.07, 6.45) is 5.26. The number of carbonyl (C=O) groups is 2. The molecular weight excluding hydrogens is 390 g/mol. The zero-order valence-electron chi connectivity index (χ0n) is 17.7. The molecule has 0 aliphatic carbocycles. The van der Waals surface area contributed by atoms with Gasteiger partial charge in [-0.3, -0.25) is 10.1 Å². The topological polar surface area (TPSA) is 83.2 Å². The van der Waals surface area contributed by atoms with E-state index < -0.39 is 5.97 Å². The summed E-state index contributed by atoms with van der Waals surface area (Å²) in [4.78, 5) is 29.8. The monoisotopic (exact) mass is 416 g/mol. The van der Waals surface area contributed by atoms with Crippen LogP contribution >= 0.6 is 0 Å². The van der Waals surface area contributed by atoms with Gasteiger partial charge in [-0.2, -0.15) is 4.99 Å². The maximum atomic E-state index is 12.9. The number of carbonyl (C=O) groups excluding carboxylic acids is 1. The number of nitrogens with zero attached hydrogens (tertiary/aromatic N) is 1. The number of hydrogen-bond acceptors (Lipinski definition) is 3. The van der Waals surface area contributed by atoms with Crippen molar-refractivity contribution in [2.24, 2.45) is 4.99 Å². The molecule has 0 aromatic heterocycles. The van der Waals surface area contributed by atoms with E-state index in [2.05, 4.69) is 17.2 Å². The van der Waals surface area contributed by atoms with E-state index in [4.69, 9.17) is 0 Å². The second-order valence-corrected chi connectivity index (χ2v) is 7.90. The Hall–Kier alpha value is -3.51. The van der Waals surface area contributed by atoms with Crippen LogP contribution in [0.1, 0.15) is 49.0 Å². The van der Waals surface area contributed by atoms with Crippen LogP contribution in [-0.2, 0) is 11.2 Å². The van der Waals surface area contributed by atoms with E-state index in [0.29, 0.717) is 17.9 Å². The normalized spacial score (nSPS) is 17.7. The highest BCUT2D eigenvalue weighted by Crippen LogP contribution is 2.25. The summed E-state index contributed by atoms with van der Waals surface area (Å²) in [5, 5.41) is 12.4. The van der Waals surface area contributed by atoms with Gasteiger partial charge in [-0.15, -0.1) is 0 Å². The third kappa shape index (κ3) is 4.07. The molecule has 4 rings (SSSR count). The number of amides is 1. The summed E-state index contributed by atoms with van der Waals surface area (Å²) in [5.74, 6) is -0.367. The molecule has 1 unspecified atom stereocenters. The Bertz CT molecular complexity index is 1130. The molecular formula is C25H26N3O3+. The van der Waals surface area contributed by atoms with Crippen LogP contribution in [0.15, 0.2) is 76.7 Å². The highest BCUT2D eigenvalue weighted by molar-refractivity contribution is 6.06. The second-order valence-electron chi connectivity index (χ2n) is 7.90. The molecule has 6 nitrogen and oxygen atoms in total. The van der Waals surface area contributed by atoms with Gasteiger partial charge in [0, 0.05) is 19.8 Å². The largest absolute Gasteiger partial charge is 0.478 e. The van der Waals surface area contributed by atoms with E-state index in [1.807, 2.05) is 49.5 Å². The molecule has 2 heterocycles. The number of allylic oxidation sites excluding steroid dienone is 2. The van der Waals surface area contributed by atoms with Gasteiger partial charge in [0.1, 0.15) is 11.4 Å². The molecule has 2 aromatic carbocycles. The minimum Gasteiger partial charge on any atom is -0.478 e. The van der Waals surface area contributed by atoms with E-state index in [1.165, 1.54) is 0 Å². The number of quaternary nitrogens is 1. The molecule has 2 aliphatic heterocycles. The van der Waals surface area contributed by atoms with Crippen molar-refractivity contribution in [3.05, 3.63) is 82.8 Å². The molecule has 31 heavy (non-hydrogen) atoms. The lowest BCUT2D eigenvalue weighted by Gasteiger charge is -2.26. The van der Waals surface area contributed by atoms with Crippen molar-refractivity contribution in [2.45, 2.75) is 39.5 Å². The number of aromatic carboxylic acids is 1. The first-order chi connectivity index (χ1) is 15.0. The van der Waals surface area contributed by atoms with Crippen molar-refractivity contribution in [1.82, 2.24) is 5.32 Å². The number of benzene rings is 2. The van der Waals surface area contributed by atoms with E-state index in [0.717, 1.165) is 52.3 Å². The highest BCUT2D eigenvalue weighted by atomic mass is 16.4. The molecule has 0 saturated heterocycles. The molecule has 1 atom stereocenters. The standard InChI is InChI=1S/C25H25N3O3/c1-3-4-9-22-21(23(29)27-25-26-15-16(2)28(22)25)14-17-10-12-18(13-11-17)19-7-5-6-8-20(19)24(30)31/h5-8,10-13,15H,3-4,9,14H2,1-2H3,(H,30,31)(H,26,27,29)/p+1. The molecule has 2 aromatic rings. The van der Waals surface area contributed by atoms with Gasteiger partial charge in [-0.25, -0.2) is 9.69 Å². The molecule has 0 saturated carbocycles. The molecule has 0 bridgehead atoms. The minimum absolute atomic E-state index is 0.0861. The van der Waals surface area contributed by atoms with Crippen molar-refractivity contribution >= 4 is 17.8 Å². The van der Waals surface area contributed by atoms with Crippen LogP contribution in [0, 0.1) is 0 Å². The van der Waals surface area contributed by atoms with Crippen LogP contribution in [0.3, 0.4) is 0 Å². The number of aliphatic imine (C=N–C) groups is 1. The zero-order valence-corrected chi connectivity index (χ0v) is 17.7. The Labute approximate surface area is 181 Å². The Morgan fingerprint density at radius 1 is 1.13 bits per heavy atom. The first-order valence-corrected chi connectivity index (χ1v) is 10.6. The van der Waals surface area contributed by atoms with Crippen LogP contribution < -0.4 is 10.2 Å². The lowest BCUT2D eigenvalue weighted by atomic mass is 9.95. The molecule has 3 N–H and O–H groups in total. The number of carboxylic acid groups (broad SMARTS) is 1. The number of fused-ring (bicyclic) bond motifs is 1. The molecule has 158 valence electrons. The molecule has 0 fully saturated rings. The van der Waals surface area contributed by atoms with Gasteiger partial charge < -0.3 is 5.11 Å². The van der Waals surface area contributed by atoms with Crippen LogP contribution in [0.5, 0.6) is 0 Å². The van der Waals surface area contributed by atoms with E-state index in [1.54, 1.807) is 12.1 Å². The lowest BCUT2D eigenvalue weighted by molar-refractivity contribution is -0.720. The van der Waals surface area contributed by atoms with E-state index in [-0.39, 0.29) is 11.5 Å². The summed E-state index contributed by atoms with van der Waals surface area (Å²) in [6.45, 7) is 4.18. The summed E-state index contributed by atoms with van der Waals surface area (Å²) >= 11 is 0. The van der Waals surface area contributed by atoms with Crippen LogP contribution in [0.25, 0.3) is 11.1 Å². The SMILES string of the molecule is CCCCC1=C(Cc2ccc(-c3ccccc3C(=O)O)cc2)C(=O)NC2=NC=C(C)[NH+]21. The summed E-state index contributed by atoms with van der Waals surface area (Å²) < 4.78 is 0. The average Bonchev–Trinajstić information content (AvgIpc) is 3.14. The maximum Gasteiger partial charge on any atom is 0.336 e. The third-order valence-corrected chi connectivity index (χ3v) is 5.77. The van der Waals surface area contributed by atoms with Crippen molar-refractivity contribution in [1.29, 1.82) is 0 Å². The van der Waals surface area contributed by atoms with Crippen LogP contribution in [-0.4, -0.2) is 22.9 Å². The fourth-order valence-electron chi connectivity index (χ4n) is 4.17. The van der Waals surface area contributed by atoms with Gasteiger partial charge in [0.2, 0.25) is 0 Å². The first kappa shape index (κ1) is 20.8. The van der Waals surface area contributed by atoms with Crippen LogP contribution in [0.2, 0.25) is 0 Å². The number of rotatable bonds is 7. The van der Waals surface area contributed by atoms with Gasteiger partial charge >= 0.3 is 11.9 Å². The van der Waals surface area contributed by atoms with Crippen LogP contribution in [0.4, 0.5) is 0 Å². The number of unbranched alkanes of at least 4 members (excludes halogenated alkanes) is 1. The lowest BCUT2D eigenvalue weighted by Crippen LogP contribution is -3.13. The fourth-order valence-corrected chi connectivity index (χ4v) is 4.17. The molecule has 6 heteroatoms. The minimum atomic E-state index is -0.946. The van der Waals surface area contributed by atoms with Crippen molar-refractivity contribution < 1.29 is 19.6 Å². The predicted octanol–water partition coefficient (Wildman–Crippen LogP) is 3.28. The maximum absolute atomic E-state index is 12.9. The first-order valence-electron chi connectivity index (χ1n) is 10.6. The van der Waals surface area contributed by atoms with Gasteiger partial charge in [0.25, 0.3) is 5.91 Å². The van der Waals surface area contributed by atoms with Crippen molar-refractivity contribution in [2.75, 3.05) is 0 Å². The smallest absolute Gasteiger partial charge is 0.336 e. The Morgan fingerprint density at radius 2 is 1.87 bits per heavy atom. The Balaban J connectivity index is 1.65. The average molecular weight is 417 g/mol. The zero-order chi connectivity index (χ0) is 22.0. The number of nitrogens with one attached hydrogen (secondary N) is 2. The molecule has 0 spiro atoms. The van der Waals surface area contributed by atoms with Gasteiger partial charge in [0.05, 0.1) is 17.3 Å². The molecule has 0 radical (unpaired) electrons. The van der Waals surface area contributed by atoms with Crippen molar-refractivity contribution in [3.63, 3.8) is 0 Å². The van der Waals surface area contributed by atoms with Gasteiger partial charge in [-0.1, -0.05) is 55.8 Å². The fraction of sp³-hybridized carbons (Fsp3) is 0.240. The Kier molecular flexibility index (Phi) is 5.82. The number of hydrogen-bond donors (Lipinski definition) is 3.